The summed E-state index contributed by atoms with van der Waals surface area (Å²) in [6, 6.07) is 12.1. The van der Waals surface area contributed by atoms with E-state index in [4.69, 9.17) is 11.6 Å². The Morgan fingerprint density at radius 2 is 2.00 bits per heavy atom. The highest BCUT2D eigenvalue weighted by Gasteiger charge is 2.10. The first-order valence-electron chi connectivity index (χ1n) is 6.02. The summed E-state index contributed by atoms with van der Waals surface area (Å²) in [4.78, 5) is 8.40. The predicted molar refractivity (Wildman–Crippen MR) is 74.9 cm³/mol. The van der Waals surface area contributed by atoms with Crippen LogP contribution in [0.5, 0.6) is 0 Å². The van der Waals surface area contributed by atoms with Gasteiger partial charge in [0.15, 0.2) is 0 Å². The lowest BCUT2D eigenvalue weighted by atomic mass is 10.1. The highest BCUT2D eigenvalue weighted by atomic mass is 35.5. The lowest BCUT2D eigenvalue weighted by Gasteiger charge is -2.17. The number of halogens is 1. The lowest BCUT2D eigenvalue weighted by Crippen LogP contribution is -2.13. The van der Waals surface area contributed by atoms with Gasteiger partial charge in [-0.1, -0.05) is 37.3 Å². The van der Waals surface area contributed by atoms with Gasteiger partial charge >= 0.3 is 0 Å². The van der Waals surface area contributed by atoms with Crippen LogP contribution >= 0.6 is 11.6 Å². The summed E-state index contributed by atoms with van der Waals surface area (Å²) in [5.41, 5.74) is 2.18. The van der Waals surface area contributed by atoms with E-state index < -0.39 is 0 Å². The molecule has 0 saturated heterocycles. The smallest absolute Gasteiger partial charge is 0.130 e. The number of rotatable bonds is 5. The molecule has 1 heterocycles. The Kier molecular flexibility index (Phi) is 4.53. The van der Waals surface area contributed by atoms with Crippen LogP contribution in [0.4, 0.5) is 5.82 Å². The molecule has 1 unspecified atom stereocenters. The molecule has 1 aromatic carbocycles. The third-order valence-electron chi connectivity index (χ3n) is 2.76. The van der Waals surface area contributed by atoms with Crippen molar-refractivity contribution in [3.63, 3.8) is 0 Å². The van der Waals surface area contributed by atoms with Gasteiger partial charge in [0.2, 0.25) is 0 Å². The van der Waals surface area contributed by atoms with Crippen molar-refractivity contribution in [2.75, 3.05) is 11.2 Å². The summed E-state index contributed by atoms with van der Waals surface area (Å²) in [5, 5.41) is 3.34. The zero-order chi connectivity index (χ0) is 12.8. The molecule has 0 radical (unpaired) electrons. The monoisotopic (exact) mass is 261 g/mol. The van der Waals surface area contributed by atoms with Gasteiger partial charge in [-0.15, -0.1) is 11.6 Å². The quantitative estimate of drug-likeness (QED) is 0.838. The Balaban J connectivity index is 2.15. The summed E-state index contributed by atoms with van der Waals surface area (Å²) in [6.07, 6.45) is 2.48. The minimum atomic E-state index is 0.0625. The zero-order valence-corrected chi connectivity index (χ0v) is 11.1. The van der Waals surface area contributed by atoms with Crippen molar-refractivity contribution < 1.29 is 0 Å². The van der Waals surface area contributed by atoms with Crippen molar-refractivity contribution >= 4 is 17.4 Å². The van der Waals surface area contributed by atoms with E-state index in [0.717, 1.165) is 23.5 Å². The fourth-order valence-corrected chi connectivity index (χ4v) is 2.00. The fraction of sp³-hybridized carbons (Fsp3) is 0.286. The third-order valence-corrected chi connectivity index (χ3v) is 3.07. The standard InChI is InChI=1S/C14H16ClN3/c1-2-12-8-14(17-10-16-12)18-13(9-15)11-6-4-3-5-7-11/h3-8,10,13H,2,9H2,1H3,(H,16,17,18). The van der Waals surface area contributed by atoms with Crippen LogP contribution in [0.3, 0.4) is 0 Å². The van der Waals surface area contributed by atoms with Gasteiger partial charge in [-0.3, -0.25) is 0 Å². The van der Waals surface area contributed by atoms with Crippen molar-refractivity contribution in [3.8, 4) is 0 Å². The first kappa shape index (κ1) is 12.8. The average Bonchev–Trinajstić information content (AvgIpc) is 2.46. The van der Waals surface area contributed by atoms with E-state index in [-0.39, 0.29) is 6.04 Å². The Morgan fingerprint density at radius 1 is 1.22 bits per heavy atom. The van der Waals surface area contributed by atoms with Crippen molar-refractivity contribution in [2.24, 2.45) is 0 Å². The second-order valence-electron chi connectivity index (χ2n) is 4.01. The second kappa shape index (κ2) is 6.36. The Bertz CT molecular complexity index is 487. The maximum Gasteiger partial charge on any atom is 0.130 e. The van der Waals surface area contributed by atoms with E-state index in [1.165, 1.54) is 0 Å². The first-order chi connectivity index (χ1) is 8.83. The molecule has 0 fully saturated rings. The molecule has 1 N–H and O–H groups in total. The molecule has 0 saturated carbocycles. The van der Waals surface area contributed by atoms with Crippen molar-refractivity contribution in [2.45, 2.75) is 19.4 Å². The van der Waals surface area contributed by atoms with Crippen LogP contribution in [-0.2, 0) is 6.42 Å². The van der Waals surface area contributed by atoms with Gasteiger partial charge in [-0.2, -0.15) is 0 Å². The number of aryl methyl sites for hydroxylation is 1. The topological polar surface area (TPSA) is 37.8 Å². The minimum absolute atomic E-state index is 0.0625. The van der Waals surface area contributed by atoms with E-state index in [9.17, 15) is 0 Å². The average molecular weight is 262 g/mol. The number of aromatic nitrogens is 2. The van der Waals surface area contributed by atoms with E-state index in [1.54, 1.807) is 6.33 Å². The molecular weight excluding hydrogens is 246 g/mol. The number of nitrogens with one attached hydrogen (secondary N) is 1. The normalized spacial score (nSPS) is 12.1. The van der Waals surface area contributed by atoms with Crippen molar-refractivity contribution in [1.82, 2.24) is 9.97 Å². The van der Waals surface area contributed by atoms with E-state index in [1.807, 2.05) is 24.3 Å². The van der Waals surface area contributed by atoms with Crippen molar-refractivity contribution in [3.05, 3.63) is 54.0 Å². The van der Waals surface area contributed by atoms with Gasteiger partial charge in [0.1, 0.15) is 12.1 Å². The number of alkyl halides is 1. The summed E-state index contributed by atoms with van der Waals surface area (Å²) in [6.45, 7) is 2.07. The molecule has 3 nitrogen and oxygen atoms in total. The summed E-state index contributed by atoms with van der Waals surface area (Å²) in [5.74, 6) is 1.31. The number of benzene rings is 1. The summed E-state index contributed by atoms with van der Waals surface area (Å²) in [7, 11) is 0. The molecule has 18 heavy (non-hydrogen) atoms. The number of anilines is 1. The van der Waals surface area contributed by atoms with Crippen LogP contribution in [0.1, 0.15) is 24.2 Å². The van der Waals surface area contributed by atoms with Crippen LogP contribution in [0.15, 0.2) is 42.7 Å². The molecule has 0 amide bonds. The largest absolute Gasteiger partial charge is 0.362 e. The molecule has 1 aromatic heterocycles. The summed E-state index contributed by atoms with van der Waals surface area (Å²) >= 11 is 6.02. The highest BCUT2D eigenvalue weighted by molar-refractivity contribution is 6.18. The zero-order valence-electron chi connectivity index (χ0n) is 10.3. The van der Waals surface area contributed by atoms with Crippen LogP contribution in [0.2, 0.25) is 0 Å². The minimum Gasteiger partial charge on any atom is -0.362 e. The predicted octanol–water partition coefficient (Wildman–Crippen LogP) is 3.43. The Labute approximate surface area is 112 Å². The molecule has 4 heteroatoms. The van der Waals surface area contributed by atoms with E-state index in [2.05, 4.69) is 34.3 Å². The molecule has 94 valence electrons. The highest BCUT2D eigenvalue weighted by Crippen LogP contribution is 2.19. The van der Waals surface area contributed by atoms with Crippen molar-refractivity contribution in [1.29, 1.82) is 0 Å². The van der Waals surface area contributed by atoms with Gasteiger partial charge in [0.05, 0.1) is 6.04 Å². The maximum atomic E-state index is 6.02. The molecule has 0 spiro atoms. The van der Waals surface area contributed by atoms with E-state index in [0.29, 0.717) is 5.88 Å². The van der Waals surface area contributed by atoms with Crippen LogP contribution in [0.25, 0.3) is 0 Å². The molecular formula is C14H16ClN3. The number of hydrogen-bond donors (Lipinski definition) is 1. The summed E-state index contributed by atoms with van der Waals surface area (Å²) < 4.78 is 0. The van der Waals surface area contributed by atoms with Crippen LogP contribution < -0.4 is 5.32 Å². The number of hydrogen-bond acceptors (Lipinski definition) is 3. The Morgan fingerprint density at radius 3 is 2.67 bits per heavy atom. The first-order valence-corrected chi connectivity index (χ1v) is 6.55. The molecule has 2 rings (SSSR count). The van der Waals surface area contributed by atoms with Crippen LogP contribution in [0, 0.1) is 0 Å². The van der Waals surface area contributed by atoms with Gasteiger partial charge in [0, 0.05) is 17.6 Å². The lowest BCUT2D eigenvalue weighted by molar-refractivity contribution is 0.874. The number of nitrogens with zero attached hydrogens (tertiary/aromatic N) is 2. The molecule has 0 aliphatic rings. The second-order valence-corrected chi connectivity index (χ2v) is 4.32. The molecule has 0 bridgehead atoms. The van der Waals surface area contributed by atoms with Crippen LogP contribution in [-0.4, -0.2) is 15.8 Å². The third kappa shape index (κ3) is 3.20. The van der Waals surface area contributed by atoms with Gasteiger partial charge in [-0.25, -0.2) is 9.97 Å². The van der Waals surface area contributed by atoms with Gasteiger partial charge < -0.3 is 5.32 Å². The molecule has 2 aromatic rings. The molecule has 1 atom stereocenters. The fourth-order valence-electron chi connectivity index (χ4n) is 1.74. The van der Waals surface area contributed by atoms with E-state index >= 15 is 0 Å². The molecule has 0 aliphatic heterocycles. The van der Waals surface area contributed by atoms with Gasteiger partial charge in [0.25, 0.3) is 0 Å². The van der Waals surface area contributed by atoms with Gasteiger partial charge in [-0.05, 0) is 12.0 Å². The SMILES string of the molecule is CCc1cc(NC(CCl)c2ccccc2)ncn1. The maximum absolute atomic E-state index is 6.02. The Hall–Kier alpha value is -1.61. The molecule has 0 aliphatic carbocycles.